The molecule has 0 bridgehead atoms. The maximum atomic E-state index is 11.7. The van der Waals surface area contributed by atoms with Crippen molar-refractivity contribution in [3.8, 4) is 0 Å². The number of aromatic nitrogens is 2. The Morgan fingerprint density at radius 3 is 3.29 bits per heavy atom. The largest absolute Gasteiger partial charge is 0.316 e. The van der Waals surface area contributed by atoms with Crippen LogP contribution in [0.15, 0.2) is 6.20 Å². The Labute approximate surface area is 86.1 Å². The van der Waals surface area contributed by atoms with Gasteiger partial charge in [0.2, 0.25) is 5.91 Å². The zero-order valence-corrected chi connectivity index (χ0v) is 8.51. The van der Waals surface area contributed by atoms with Crippen molar-refractivity contribution in [2.75, 3.05) is 18.4 Å². The lowest BCUT2D eigenvalue weighted by Crippen LogP contribution is -2.37. The monoisotopic (exact) mass is 212 g/mol. The molecule has 6 heteroatoms. The molecule has 1 fully saturated rings. The summed E-state index contributed by atoms with van der Waals surface area (Å²) in [5, 5.41) is 10.4. The molecule has 1 amide bonds. The summed E-state index contributed by atoms with van der Waals surface area (Å²) in [7, 11) is 0. The standard InChI is InChI=1S/C8H12N4OS/c13-8(6-2-1-3-9-4-6)11-7-5-10-12-14-7/h5-6,9H,1-4H2,(H,11,13). The first-order chi connectivity index (χ1) is 6.86. The van der Waals surface area contributed by atoms with Gasteiger partial charge in [-0.3, -0.25) is 4.79 Å². The summed E-state index contributed by atoms with van der Waals surface area (Å²) in [6, 6.07) is 0. The Bertz CT molecular complexity index is 294. The van der Waals surface area contributed by atoms with Gasteiger partial charge in [-0.05, 0) is 19.4 Å². The predicted molar refractivity (Wildman–Crippen MR) is 54.1 cm³/mol. The van der Waals surface area contributed by atoms with Crippen molar-refractivity contribution in [2.24, 2.45) is 5.92 Å². The van der Waals surface area contributed by atoms with Crippen molar-refractivity contribution in [1.82, 2.24) is 14.9 Å². The molecule has 1 saturated heterocycles. The highest BCUT2D eigenvalue weighted by Gasteiger charge is 2.21. The van der Waals surface area contributed by atoms with E-state index in [0.717, 1.165) is 30.9 Å². The third kappa shape index (κ3) is 2.27. The minimum absolute atomic E-state index is 0.0725. The number of hydrogen-bond donors (Lipinski definition) is 2. The van der Waals surface area contributed by atoms with Gasteiger partial charge in [0, 0.05) is 18.1 Å². The SMILES string of the molecule is O=C(Nc1cnns1)C1CCCNC1. The summed E-state index contributed by atoms with van der Waals surface area (Å²) in [4.78, 5) is 11.7. The first-order valence-corrected chi connectivity index (χ1v) is 5.42. The third-order valence-corrected chi connectivity index (χ3v) is 2.86. The van der Waals surface area contributed by atoms with Crippen LogP contribution in [0.2, 0.25) is 0 Å². The van der Waals surface area contributed by atoms with Crippen LogP contribution in [-0.4, -0.2) is 28.6 Å². The van der Waals surface area contributed by atoms with E-state index in [2.05, 4.69) is 20.2 Å². The number of nitrogens with one attached hydrogen (secondary N) is 2. The molecule has 1 aromatic heterocycles. The van der Waals surface area contributed by atoms with Crippen molar-refractivity contribution in [3.05, 3.63) is 6.20 Å². The fraction of sp³-hybridized carbons (Fsp3) is 0.625. The second-order valence-electron chi connectivity index (χ2n) is 3.31. The average Bonchev–Trinajstić information content (AvgIpc) is 2.72. The van der Waals surface area contributed by atoms with E-state index in [4.69, 9.17) is 0 Å². The Morgan fingerprint density at radius 1 is 1.71 bits per heavy atom. The minimum atomic E-state index is 0.0725. The predicted octanol–water partition coefficient (Wildman–Crippen LogP) is 0.476. The van der Waals surface area contributed by atoms with Crippen LogP contribution in [0.1, 0.15) is 12.8 Å². The molecule has 14 heavy (non-hydrogen) atoms. The van der Waals surface area contributed by atoms with Gasteiger partial charge in [-0.2, -0.15) is 0 Å². The number of rotatable bonds is 2. The first kappa shape index (κ1) is 9.54. The number of hydrogen-bond acceptors (Lipinski definition) is 5. The highest BCUT2D eigenvalue weighted by Crippen LogP contribution is 2.15. The quantitative estimate of drug-likeness (QED) is 0.748. The summed E-state index contributed by atoms with van der Waals surface area (Å²) in [6.07, 6.45) is 3.60. The van der Waals surface area contributed by atoms with Crippen molar-refractivity contribution >= 4 is 22.4 Å². The molecular weight excluding hydrogens is 200 g/mol. The minimum Gasteiger partial charge on any atom is -0.316 e. The van der Waals surface area contributed by atoms with E-state index in [1.54, 1.807) is 6.20 Å². The molecule has 0 aliphatic carbocycles. The number of carbonyl (C=O) groups excluding carboxylic acids is 1. The molecule has 1 aliphatic heterocycles. The van der Waals surface area contributed by atoms with E-state index in [0.29, 0.717) is 0 Å². The number of nitrogens with zero attached hydrogens (tertiary/aromatic N) is 2. The van der Waals surface area contributed by atoms with E-state index >= 15 is 0 Å². The van der Waals surface area contributed by atoms with Crippen molar-refractivity contribution in [3.63, 3.8) is 0 Å². The Morgan fingerprint density at radius 2 is 2.64 bits per heavy atom. The molecule has 2 rings (SSSR count). The van der Waals surface area contributed by atoms with Gasteiger partial charge in [-0.15, -0.1) is 5.10 Å². The number of piperidine rings is 1. The number of amides is 1. The lowest BCUT2D eigenvalue weighted by atomic mass is 9.99. The maximum Gasteiger partial charge on any atom is 0.229 e. The highest BCUT2D eigenvalue weighted by molar-refractivity contribution is 7.10. The Hall–Kier alpha value is -1.01. The van der Waals surface area contributed by atoms with Gasteiger partial charge in [-0.1, -0.05) is 4.49 Å². The lowest BCUT2D eigenvalue weighted by molar-refractivity contribution is -0.120. The van der Waals surface area contributed by atoms with Gasteiger partial charge >= 0.3 is 0 Å². The van der Waals surface area contributed by atoms with Crippen LogP contribution in [0, 0.1) is 5.92 Å². The third-order valence-electron chi connectivity index (χ3n) is 2.28. The average molecular weight is 212 g/mol. The molecule has 0 spiro atoms. The normalized spacial score (nSPS) is 21.9. The molecule has 0 saturated carbocycles. The van der Waals surface area contributed by atoms with E-state index < -0.39 is 0 Å². The lowest BCUT2D eigenvalue weighted by Gasteiger charge is -2.21. The van der Waals surface area contributed by atoms with Crippen molar-refractivity contribution in [1.29, 1.82) is 0 Å². The molecule has 0 aromatic carbocycles. The van der Waals surface area contributed by atoms with Gasteiger partial charge in [0.05, 0.1) is 12.1 Å². The van der Waals surface area contributed by atoms with Crippen LogP contribution in [0.4, 0.5) is 5.00 Å². The summed E-state index contributed by atoms with van der Waals surface area (Å²) in [5.74, 6) is 0.161. The fourth-order valence-corrected chi connectivity index (χ4v) is 1.94. The molecule has 1 atom stereocenters. The van der Waals surface area contributed by atoms with Gasteiger partial charge < -0.3 is 10.6 Å². The maximum absolute atomic E-state index is 11.7. The van der Waals surface area contributed by atoms with Crippen molar-refractivity contribution in [2.45, 2.75) is 12.8 Å². The van der Waals surface area contributed by atoms with E-state index in [1.165, 1.54) is 11.5 Å². The van der Waals surface area contributed by atoms with E-state index in [9.17, 15) is 4.79 Å². The van der Waals surface area contributed by atoms with Crippen LogP contribution in [0.5, 0.6) is 0 Å². The Kier molecular flexibility index (Phi) is 3.05. The van der Waals surface area contributed by atoms with Crippen LogP contribution in [-0.2, 0) is 4.79 Å². The molecule has 2 N–H and O–H groups in total. The molecule has 1 aromatic rings. The zero-order valence-electron chi connectivity index (χ0n) is 7.69. The van der Waals surface area contributed by atoms with Crippen molar-refractivity contribution < 1.29 is 4.79 Å². The van der Waals surface area contributed by atoms with Gasteiger partial charge in [0.15, 0.2) is 0 Å². The zero-order chi connectivity index (χ0) is 9.80. The summed E-state index contributed by atoms with van der Waals surface area (Å²) in [6.45, 7) is 1.80. The fourth-order valence-electron chi connectivity index (χ4n) is 1.52. The number of carbonyl (C=O) groups is 1. The summed E-state index contributed by atoms with van der Waals surface area (Å²) in [5.41, 5.74) is 0. The van der Waals surface area contributed by atoms with Crippen LogP contribution in [0.3, 0.4) is 0 Å². The number of anilines is 1. The molecule has 5 nitrogen and oxygen atoms in total. The smallest absolute Gasteiger partial charge is 0.229 e. The topological polar surface area (TPSA) is 66.9 Å². The van der Waals surface area contributed by atoms with Gasteiger partial charge in [0.1, 0.15) is 5.00 Å². The molecule has 76 valence electrons. The molecule has 0 radical (unpaired) electrons. The van der Waals surface area contributed by atoms with E-state index in [1.807, 2.05) is 0 Å². The van der Waals surface area contributed by atoms with Crippen LogP contribution >= 0.6 is 11.5 Å². The highest BCUT2D eigenvalue weighted by atomic mass is 32.1. The molecule has 1 aliphatic rings. The van der Waals surface area contributed by atoms with Crippen LogP contribution in [0.25, 0.3) is 0 Å². The summed E-state index contributed by atoms with van der Waals surface area (Å²) >= 11 is 1.20. The molecule has 2 heterocycles. The summed E-state index contributed by atoms with van der Waals surface area (Å²) < 4.78 is 3.68. The van der Waals surface area contributed by atoms with E-state index in [-0.39, 0.29) is 11.8 Å². The second-order valence-corrected chi connectivity index (χ2v) is 4.10. The second kappa shape index (κ2) is 4.47. The molecule has 1 unspecified atom stereocenters. The van der Waals surface area contributed by atoms with Gasteiger partial charge in [0.25, 0.3) is 0 Å². The van der Waals surface area contributed by atoms with Crippen LogP contribution < -0.4 is 10.6 Å². The van der Waals surface area contributed by atoms with Gasteiger partial charge in [-0.25, -0.2) is 0 Å². The first-order valence-electron chi connectivity index (χ1n) is 4.65. The molecular formula is C8H12N4OS. The Balaban J connectivity index is 1.88.